The summed E-state index contributed by atoms with van der Waals surface area (Å²) in [6.45, 7) is 0. The summed E-state index contributed by atoms with van der Waals surface area (Å²) in [5.41, 5.74) is 1.67. The molecule has 0 saturated carbocycles. The summed E-state index contributed by atoms with van der Waals surface area (Å²) >= 11 is 12.3. The molecule has 112 valence electrons. The molecule has 0 spiro atoms. The van der Waals surface area contributed by atoms with Gasteiger partial charge in [-0.3, -0.25) is 5.01 Å². The highest BCUT2D eigenvalue weighted by molar-refractivity contribution is 6.37. The minimum Gasteiger partial charge on any atom is -0.477 e. The molecule has 0 unspecified atom stereocenters. The maximum atomic E-state index is 11.3. The van der Waals surface area contributed by atoms with Crippen LogP contribution in [-0.4, -0.2) is 16.8 Å². The van der Waals surface area contributed by atoms with E-state index in [9.17, 15) is 9.90 Å². The molecule has 3 rings (SSSR count). The first-order valence-corrected chi connectivity index (χ1v) is 7.42. The number of hydrogen-bond donors (Lipinski definition) is 1. The highest BCUT2D eigenvalue weighted by Crippen LogP contribution is 2.39. The molecule has 0 bridgehead atoms. The maximum Gasteiger partial charge on any atom is 0.352 e. The number of carbonyl (C=O) groups is 1. The second-order valence-electron chi connectivity index (χ2n) is 4.92. The van der Waals surface area contributed by atoms with Gasteiger partial charge in [0.15, 0.2) is 0 Å². The van der Waals surface area contributed by atoms with Gasteiger partial charge in [0.2, 0.25) is 0 Å². The van der Waals surface area contributed by atoms with Gasteiger partial charge in [-0.25, -0.2) is 4.79 Å². The van der Waals surface area contributed by atoms with E-state index in [2.05, 4.69) is 5.10 Å². The lowest BCUT2D eigenvalue weighted by atomic mass is 10.0. The standard InChI is InChI=1S/C16H12Cl2N2O2/c17-11-6-7-12(18)15(8-11)20-14(9-13(19-20)16(21)22)10-4-2-1-3-5-10/h1-8,14H,9H2,(H,21,22)/t14-/m0/s1. The summed E-state index contributed by atoms with van der Waals surface area (Å²) in [6, 6.07) is 14.4. The quantitative estimate of drug-likeness (QED) is 0.905. The Labute approximate surface area is 137 Å². The van der Waals surface area contributed by atoms with Crippen molar-refractivity contribution in [1.82, 2.24) is 0 Å². The Kier molecular flexibility index (Phi) is 4.05. The van der Waals surface area contributed by atoms with Gasteiger partial charge in [-0.15, -0.1) is 0 Å². The summed E-state index contributed by atoms with van der Waals surface area (Å²) in [5.74, 6) is -1.03. The molecule has 0 aliphatic carbocycles. The van der Waals surface area contributed by atoms with E-state index in [1.54, 1.807) is 23.2 Å². The number of carboxylic acids is 1. The van der Waals surface area contributed by atoms with Crippen molar-refractivity contribution in [2.45, 2.75) is 12.5 Å². The van der Waals surface area contributed by atoms with E-state index < -0.39 is 5.97 Å². The van der Waals surface area contributed by atoms with E-state index in [1.807, 2.05) is 30.3 Å². The van der Waals surface area contributed by atoms with E-state index in [4.69, 9.17) is 23.2 Å². The van der Waals surface area contributed by atoms with Crippen LogP contribution in [0.3, 0.4) is 0 Å². The van der Waals surface area contributed by atoms with Crippen LogP contribution in [0.25, 0.3) is 0 Å². The predicted molar refractivity (Wildman–Crippen MR) is 87.8 cm³/mol. The molecule has 1 heterocycles. The van der Waals surface area contributed by atoms with E-state index >= 15 is 0 Å². The molecule has 1 atom stereocenters. The average Bonchev–Trinajstić information content (AvgIpc) is 2.96. The van der Waals surface area contributed by atoms with Crippen molar-refractivity contribution >= 4 is 40.6 Å². The van der Waals surface area contributed by atoms with Crippen molar-refractivity contribution < 1.29 is 9.90 Å². The largest absolute Gasteiger partial charge is 0.477 e. The van der Waals surface area contributed by atoms with Gasteiger partial charge >= 0.3 is 5.97 Å². The molecular weight excluding hydrogens is 323 g/mol. The normalized spacial score (nSPS) is 17.5. The number of rotatable bonds is 3. The number of benzene rings is 2. The number of aliphatic carboxylic acids is 1. The van der Waals surface area contributed by atoms with Crippen molar-refractivity contribution in [3.8, 4) is 0 Å². The number of hydrazone groups is 1. The Morgan fingerprint density at radius 2 is 1.91 bits per heavy atom. The molecule has 1 aliphatic heterocycles. The lowest BCUT2D eigenvalue weighted by Crippen LogP contribution is -2.19. The summed E-state index contributed by atoms with van der Waals surface area (Å²) in [7, 11) is 0. The minimum atomic E-state index is -1.03. The Morgan fingerprint density at radius 3 is 2.59 bits per heavy atom. The van der Waals surface area contributed by atoms with E-state index in [0.29, 0.717) is 22.2 Å². The van der Waals surface area contributed by atoms with E-state index in [1.165, 1.54) is 0 Å². The van der Waals surface area contributed by atoms with Crippen LogP contribution in [0, 0.1) is 0 Å². The highest BCUT2D eigenvalue weighted by atomic mass is 35.5. The summed E-state index contributed by atoms with van der Waals surface area (Å²) in [4.78, 5) is 11.3. The van der Waals surface area contributed by atoms with Gasteiger partial charge in [-0.05, 0) is 23.8 Å². The average molecular weight is 335 g/mol. The van der Waals surface area contributed by atoms with Crippen molar-refractivity contribution in [3.63, 3.8) is 0 Å². The lowest BCUT2D eigenvalue weighted by Gasteiger charge is -2.25. The zero-order chi connectivity index (χ0) is 15.7. The maximum absolute atomic E-state index is 11.3. The van der Waals surface area contributed by atoms with Crippen LogP contribution in [0.5, 0.6) is 0 Å². The number of carboxylic acid groups (broad SMARTS) is 1. The second kappa shape index (κ2) is 5.99. The predicted octanol–water partition coefficient (Wildman–Crippen LogP) is 4.39. The van der Waals surface area contributed by atoms with Gasteiger partial charge in [0.05, 0.1) is 16.8 Å². The zero-order valence-electron chi connectivity index (χ0n) is 11.4. The molecule has 6 heteroatoms. The first-order chi connectivity index (χ1) is 10.6. The Hall–Kier alpha value is -2.04. The number of anilines is 1. The summed E-state index contributed by atoms with van der Waals surface area (Å²) in [5, 5.41) is 16.1. The third-order valence-electron chi connectivity index (χ3n) is 3.50. The highest BCUT2D eigenvalue weighted by Gasteiger charge is 2.33. The third-order valence-corrected chi connectivity index (χ3v) is 4.05. The van der Waals surface area contributed by atoms with Crippen molar-refractivity contribution in [1.29, 1.82) is 0 Å². The molecule has 0 radical (unpaired) electrons. The SMILES string of the molecule is O=C(O)C1=NN(c2cc(Cl)ccc2Cl)[C@H](c2ccccc2)C1. The fourth-order valence-electron chi connectivity index (χ4n) is 2.46. The molecular formula is C16H12Cl2N2O2. The van der Waals surface area contributed by atoms with Crippen LogP contribution >= 0.6 is 23.2 Å². The topological polar surface area (TPSA) is 52.9 Å². The molecule has 1 aliphatic rings. The van der Waals surface area contributed by atoms with Gasteiger partial charge in [0.25, 0.3) is 0 Å². The zero-order valence-corrected chi connectivity index (χ0v) is 12.9. The van der Waals surface area contributed by atoms with Crippen LogP contribution < -0.4 is 5.01 Å². The fourth-order valence-corrected chi connectivity index (χ4v) is 2.83. The van der Waals surface area contributed by atoms with Crippen LogP contribution in [0.1, 0.15) is 18.0 Å². The number of halogens is 2. The molecule has 2 aromatic rings. The third kappa shape index (κ3) is 2.80. The molecule has 0 amide bonds. The van der Waals surface area contributed by atoms with E-state index in [-0.39, 0.29) is 11.8 Å². The molecule has 2 aromatic carbocycles. The monoisotopic (exact) mass is 334 g/mol. The minimum absolute atomic E-state index is 0.102. The van der Waals surface area contributed by atoms with Crippen molar-refractivity contribution in [2.75, 3.05) is 5.01 Å². The van der Waals surface area contributed by atoms with Gasteiger partial charge < -0.3 is 5.11 Å². The molecule has 0 aromatic heterocycles. The molecule has 22 heavy (non-hydrogen) atoms. The van der Waals surface area contributed by atoms with Gasteiger partial charge in [-0.2, -0.15) is 5.10 Å². The lowest BCUT2D eigenvalue weighted by molar-refractivity contribution is -0.129. The van der Waals surface area contributed by atoms with Crippen LogP contribution in [0.15, 0.2) is 53.6 Å². The Morgan fingerprint density at radius 1 is 1.18 bits per heavy atom. The van der Waals surface area contributed by atoms with Crippen LogP contribution in [0.4, 0.5) is 5.69 Å². The van der Waals surface area contributed by atoms with E-state index in [0.717, 1.165) is 5.56 Å². The van der Waals surface area contributed by atoms with Gasteiger partial charge in [0.1, 0.15) is 5.71 Å². The molecule has 0 saturated heterocycles. The summed E-state index contributed by atoms with van der Waals surface area (Å²) in [6.07, 6.45) is 0.308. The number of nitrogens with zero attached hydrogens (tertiary/aromatic N) is 2. The van der Waals surface area contributed by atoms with Crippen molar-refractivity contribution in [3.05, 3.63) is 64.1 Å². The second-order valence-corrected chi connectivity index (χ2v) is 5.77. The van der Waals surface area contributed by atoms with Gasteiger partial charge in [0, 0.05) is 11.4 Å². The molecule has 1 N–H and O–H groups in total. The van der Waals surface area contributed by atoms with Crippen LogP contribution in [0.2, 0.25) is 10.0 Å². The first kappa shape index (κ1) is 14.9. The van der Waals surface area contributed by atoms with Crippen LogP contribution in [-0.2, 0) is 4.79 Å². The Bertz CT molecular complexity index is 747. The number of hydrogen-bond acceptors (Lipinski definition) is 3. The first-order valence-electron chi connectivity index (χ1n) is 6.66. The fraction of sp³-hybridized carbons (Fsp3) is 0.125. The van der Waals surface area contributed by atoms with Gasteiger partial charge in [-0.1, -0.05) is 53.5 Å². The Balaban J connectivity index is 2.07. The molecule has 4 nitrogen and oxygen atoms in total. The smallest absolute Gasteiger partial charge is 0.352 e. The summed E-state index contributed by atoms with van der Waals surface area (Å²) < 4.78 is 0. The van der Waals surface area contributed by atoms with Crippen molar-refractivity contribution in [2.24, 2.45) is 5.10 Å². The molecule has 0 fully saturated rings.